The monoisotopic (exact) mass is 297 g/mol. The highest BCUT2D eigenvalue weighted by Crippen LogP contribution is 2.54. The predicted octanol–water partition coefficient (Wildman–Crippen LogP) is 0.932. The van der Waals surface area contributed by atoms with E-state index in [0.717, 1.165) is 12.0 Å². The van der Waals surface area contributed by atoms with Gasteiger partial charge in [-0.05, 0) is 17.5 Å². The number of nitrogens with two attached hydrogens (primary N) is 1. The molecule has 0 saturated heterocycles. The number of rotatable bonds is 5. The molecule has 0 unspecified atom stereocenters. The van der Waals surface area contributed by atoms with Crippen LogP contribution in [0.2, 0.25) is 0 Å². The van der Waals surface area contributed by atoms with Crippen LogP contribution in [0, 0.1) is 0 Å². The van der Waals surface area contributed by atoms with Gasteiger partial charge in [-0.1, -0.05) is 38.1 Å². The van der Waals surface area contributed by atoms with Gasteiger partial charge in [-0.2, -0.15) is 0 Å². The molecule has 0 radical (unpaired) electrons. The van der Waals surface area contributed by atoms with Crippen molar-refractivity contribution in [1.82, 2.24) is 0 Å². The Morgan fingerprint density at radius 2 is 1.85 bits per heavy atom. The molecule has 0 bridgehead atoms. The number of carboxylic acid groups (broad SMARTS) is 1. The zero-order chi connectivity index (χ0) is 15.1. The van der Waals surface area contributed by atoms with E-state index in [4.69, 9.17) is 5.73 Å². The Bertz CT molecular complexity index is 623. The maximum Gasteiger partial charge on any atom is 0.325 e. The van der Waals surface area contributed by atoms with Gasteiger partial charge in [0.25, 0.3) is 0 Å². The number of aryl methyl sites for hydroxylation is 1. The maximum absolute atomic E-state index is 12.0. The van der Waals surface area contributed by atoms with Crippen molar-refractivity contribution in [3.8, 4) is 0 Å². The van der Waals surface area contributed by atoms with Crippen LogP contribution in [0.5, 0.6) is 0 Å². The maximum atomic E-state index is 12.0. The molecule has 3 N–H and O–H groups in total. The van der Waals surface area contributed by atoms with Gasteiger partial charge in [0.1, 0.15) is 5.54 Å². The fraction of sp³-hybridized carbons (Fsp3) is 0.500. The number of hydrogen-bond donors (Lipinski definition) is 2. The first-order valence-electron chi connectivity index (χ1n) is 6.61. The van der Waals surface area contributed by atoms with Gasteiger partial charge >= 0.3 is 5.97 Å². The third-order valence-electron chi connectivity index (χ3n) is 4.09. The van der Waals surface area contributed by atoms with Crippen LogP contribution >= 0.6 is 0 Å². The summed E-state index contributed by atoms with van der Waals surface area (Å²) >= 11 is 0. The van der Waals surface area contributed by atoms with Crippen LogP contribution in [0.4, 0.5) is 0 Å². The smallest absolute Gasteiger partial charge is 0.325 e. The van der Waals surface area contributed by atoms with Crippen LogP contribution in [0.15, 0.2) is 24.3 Å². The van der Waals surface area contributed by atoms with Gasteiger partial charge in [-0.15, -0.1) is 0 Å². The number of benzene rings is 1. The molecule has 0 heterocycles. The highest BCUT2D eigenvalue weighted by atomic mass is 32.2. The lowest BCUT2D eigenvalue weighted by Gasteiger charge is -2.05. The number of carbonyl (C=O) groups is 1. The number of carboxylic acids is 1. The van der Waals surface area contributed by atoms with Gasteiger partial charge in [0.2, 0.25) is 0 Å². The van der Waals surface area contributed by atoms with Gasteiger partial charge in [-0.3, -0.25) is 4.79 Å². The molecule has 1 aliphatic rings. The molecule has 0 spiro atoms. The molecule has 1 aromatic carbocycles. The van der Waals surface area contributed by atoms with Gasteiger partial charge in [0.05, 0.1) is 5.25 Å². The highest BCUT2D eigenvalue weighted by molar-refractivity contribution is 7.92. The fourth-order valence-electron chi connectivity index (χ4n) is 2.72. The summed E-state index contributed by atoms with van der Waals surface area (Å²) in [6, 6.07) is 7.32. The highest BCUT2D eigenvalue weighted by Gasteiger charge is 2.73. The lowest BCUT2D eigenvalue weighted by Crippen LogP contribution is -2.40. The Balaban J connectivity index is 2.41. The topological polar surface area (TPSA) is 97.5 Å². The molecule has 2 rings (SSSR count). The van der Waals surface area contributed by atoms with Crippen LogP contribution in [-0.2, 0) is 21.1 Å². The Morgan fingerprint density at radius 1 is 1.30 bits per heavy atom. The molecule has 1 fully saturated rings. The van der Waals surface area contributed by atoms with E-state index in [2.05, 4.69) is 0 Å². The van der Waals surface area contributed by atoms with E-state index in [1.165, 1.54) is 6.92 Å². The van der Waals surface area contributed by atoms with Gasteiger partial charge < -0.3 is 10.8 Å². The van der Waals surface area contributed by atoms with E-state index in [-0.39, 0.29) is 5.75 Å². The van der Waals surface area contributed by atoms with Crippen LogP contribution in [-0.4, -0.2) is 36.0 Å². The van der Waals surface area contributed by atoms with Crippen molar-refractivity contribution in [3.63, 3.8) is 0 Å². The summed E-state index contributed by atoms with van der Waals surface area (Å²) in [5, 5.41) is 8.25. The molecule has 1 aromatic rings. The molecule has 20 heavy (non-hydrogen) atoms. The molecule has 0 amide bonds. The lowest BCUT2D eigenvalue weighted by atomic mass is 10.0. The van der Waals surface area contributed by atoms with Gasteiger partial charge in [-0.25, -0.2) is 8.42 Å². The molecule has 110 valence electrons. The van der Waals surface area contributed by atoms with Crippen molar-refractivity contribution in [2.75, 3.05) is 5.75 Å². The van der Waals surface area contributed by atoms with Crippen LogP contribution < -0.4 is 5.73 Å². The van der Waals surface area contributed by atoms with E-state index in [9.17, 15) is 18.3 Å². The second-order valence-corrected chi connectivity index (χ2v) is 7.59. The van der Waals surface area contributed by atoms with Crippen molar-refractivity contribution in [1.29, 1.82) is 0 Å². The predicted molar refractivity (Wildman–Crippen MR) is 76.4 cm³/mol. The Hall–Kier alpha value is -1.40. The van der Waals surface area contributed by atoms with Crippen molar-refractivity contribution in [2.45, 2.75) is 37.0 Å². The molecule has 1 aliphatic carbocycles. The Morgan fingerprint density at radius 3 is 2.25 bits per heavy atom. The second-order valence-electron chi connectivity index (χ2n) is 5.18. The molecule has 1 saturated carbocycles. The zero-order valence-corrected chi connectivity index (χ0v) is 12.4. The minimum absolute atomic E-state index is 0.104. The van der Waals surface area contributed by atoms with Crippen molar-refractivity contribution in [3.05, 3.63) is 35.4 Å². The fourth-order valence-corrected chi connectivity index (χ4v) is 4.64. The van der Waals surface area contributed by atoms with Gasteiger partial charge in [0, 0.05) is 11.7 Å². The standard InChI is InChI=1S/C14H19NO4S/c1-3-9-5-7-10(8-6-9)11-12(20(18,19)4-2)14(11,15)13(16)17/h5-8,11-12H,3-4,15H2,1-2H3,(H,16,17)/t11-,12-,14+/m0/s1. The number of hydrogen-bond acceptors (Lipinski definition) is 4. The van der Waals surface area contributed by atoms with E-state index in [1.807, 2.05) is 19.1 Å². The summed E-state index contributed by atoms with van der Waals surface area (Å²) in [7, 11) is -3.50. The summed E-state index contributed by atoms with van der Waals surface area (Å²) in [6.07, 6.45) is 0.869. The number of sulfone groups is 1. The van der Waals surface area contributed by atoms with Crippen LogP contribution in [0.25, 0.3) is 0 Å². The lowest BCUT2D eigenvalue weighted by molar-refractivity contribution is -0.139. The molecule has 5 nitrogen and oxygen atoms in total. The third kappa shape index (κ3) is 2.13. The second kappa shape index (κ2) is 4.86. The molecule has 0 aromatic heterocycles. The molecule has 3 atom stereocenters. The van der Waals surface area contributed by atoms with Crippen molar-refractivity contribution in [2.24, 2.45) is 5.73 Å². The minimum Gasteiger partial charge on any atom is -0.480 e. The zero-order valence-electron chi connectivity index (χ0n) is 11.5. The summed E-state index contributed by atoms with van der Waals surface area (Å²) in [4.78, 5) is 11.4. The van der Waals surface area contributed by atoms with Crippen LogP contribution in [0.1, 0.15) is 30.9 Å². The first-order chi connectivity index (χ1) is 9.29. The van der Waals surface area contributed by atoms with Gasteiger partial charge in [0.15, 0.2) is 9.84 Å². The molecule has 0 aliphatic heterocycles. The summed E-state index contributed by atoms with van der Waals surface area (Å²) in [6.45, 7) is 3.52. The van der Waals surface area contributed by atoms with Crippen molar-refractivity contribution >= 4 is 15.8 Å². The van der Waals surface area contributed by atoms with Crippen molar-refractivity contribution < 1.29 is 18.3 Å². The van der Waals surface area contributed by atoms with E-state index >= 15 is 0 Å². The molecule has 6 heteroatoms. The average molecular weight is 297 g/mol. The Kier molecular flexibility index (Phi) is 3.64. The summed E-state index contributed by atoms with van der Waals surface area (Å²) in [5.41, 5.74) is 5.95. The summed E-state index contributed by atoms with van der Waals surface area (Å²) in [5.74, 6) is -2.03. The van der Waals surface area contributed by atoms with E-state index in [0.29, 0.717) is 5.56 Å². The third-order valence-corrected chi connectivity index (χ3v) is 6.33. The quantitative estimate of drug-likeness (QED) is 0.842. The normalized spacial score (nSPS) is 29.1. The first kappa shape index (κ1) is 15.0. The molecular formula is C14H19NO4S. The average Bonchev–Trinajstić information content (AvgIpc) is 3.08. The molecular weight excluding hydrogens is 278 g/mol. The minimum atomic E-state index is -3.50. The SMILES string of the molecule is CCc1ccc([C@H]2[C@H](S(=O)(=O)CC)[C@@]2(N)C(=O)O)cc1. The van der Waals surface area contributed by atoms with Crippen LogP contribution in [0.3, 0.4) is 0 Å². The first-order valence-corrected chi connectivity index (χ1v) is 8.33. The van der Waals surface area contributed by atoms with E-state index in [1.54, 1.807) is 12.1 Å². The summed E-state index contributed by atoms with van der Waals surface area (Å²) < 4.78 is 24.1. The number of aliphatic carboxylic acids is 1. The Labute approximate surface area is 118 Å². The largest absolute Gasteiger partial charge is 0.480 e. The van der Waals surface area contributed by atoms with E-state index < -0.39 is 32.5 Å².